The molecule has 0 aliphatic heterocycles. The maximum Gasteiger partial charge on any atom is 0.266 e. The number of aromatic amines is 1. The summed E-state index contributed by atoms with van der Waals surface area (Å²) in [6, 6.07) is 15.9. The Bertz CT molecular complexity index is 1030. The van der Waals surface area contributed by atoms with Crippen LogP contribution in [-0.4, -0.2) is 12.1 Å². The number of H-pyrrole nitrogens is 1. The van der Waals surface area contributed by atoms with Crippen molar-refractivity contribution < 1.29 is 4.74 Å². The molecule has 0 bridgehead atoms. The van der Waals surface area contributed by atoms with Gasteiger partial charge in [-0.25, -0.2) is 0 Å². The van der Waals surface area contributed by atoms with E-state index in [1.807, 2.05) is 18.2 Å². The van der Waals surface area contributed by atoms with Crippen molar-refractivity contribution in [3.8, 4) is 34.2 Å². The summed E-state index contributed by atoms with van der Waals surface area (Å²) in [7, 11) is 1.58. The molecule has 0 unspecified atom stereocenters. The van der Waals surface area contributed by atoms with Crippen LogP contribution in [0.1, 0.15) is 5.56 Å². The van der Waals surface area contributed by atoms with Gasteiger partial charge in [0.15, 0.2) is 0 Å². The van der Waals surface area contributed by atoms with E-state index in [9.17, 15) is 10.1 Å². The van der Waals surface area contributed by atoms with Crippen LogP contribution in [0.15, 0.2) is 53.3 Å². The number of nitrogens with zero attached hydrogens (tertiary/aromatic N) is 1. The van der Waals surface area contributed by atoms with Gasteiger partial charge >= 0.3 is 0 Å². The third-order valence-corrected chi connectivity index (χ3v) is 4.52. The van der Waals surface area contributed by atoms with Gasteiger partial charge in [-0.3, -0.25) is 4.79 Å². The van der Waals surface area contributed by atoms with Crippen molar-refractivity contribution >= 4 is 23.2 Å². The Hall–Kier alpha value is -2.74. The lowest BCUT2D eigenvalue weighted by Gasteiger charge is -2.09. The molecule has 1 aromatic heterocycles. The third-order valence-electron chi connectivity index (χ3n) is 3.78. The number of benzene rings is 2. The molecule has 2 aromatic carbocycles. The van der Waals surface area contributed by atoms with Crippen molar-refractivity contribution in [3.05, 3.63) is 74.5 Å². The molecule has 3 rings (SSSR count). The van der Waals surface area contributed by atoms with Crippen LogP contribution in [0.3, 0.4) is 0 Å². The van der Waals surface area contributed by atoms with Gasteiger partial charge in [0.25, 0.3) is 5.56 Å². The summed E-state index contributed by atoms with van der Waals surface area (Å²) in [5.41, 5.74) is 2.09. The molecule has 0 amide bonds. The van der Waals surface area contributed by atoms with E-state index in [1.54, 1.807) is 43.5 Å². The van der Waals surface area contributed by atoms with Gasteiger partial charge in [0, 0.05) is 11.3 Å². The summed E-state index contributed by atoms with van der Waals surface area (Å²) < 4.78 is 5.14. The predicted molar refractivity (Wildman–Crippen MR) is 99.2 cm³/mol. The smallest absolute Gasteiger partial charge is 0.266 e. The van der Waals surface area contributed by atoms with Crippen LogP contribution in [0.2, 0.25) is 10.0 Å². The number of ether oxygens (including phenoxy) is 1. The minimum atomic E-state index is -0.461. The van der Waals surface area contributed by atoms with Crippen LogP contribution in [0.25, 0.3) is 22.4 Å². The Kier molecular flexibility index (Phi) is 4.80. The third kappa shape index (κ3) is 3.39. The van der Waals surface area contributed by atoms with Gasteiger partial charge in [-0.05, 0) is 53.6 Å². The van der Waals surface area contributed by atoms with Crippen molar-refractivity contribution in [1.82, 2.24) is 4.98 Å². The molecule has 0 saturated carbocycles. The average molecular weight is 371 g/mol. The number of hydrogen-bond donors (Lipinski definition) is 1. The topological polar surface area (TPSA) is 65.9 Å². The van der Waals surface area contributed by atoms with E-state index in [0.717, 1.165) is 5.56 Å². The van der Waals surface area contributed by atoms with Gasteiger partial charge in [0.1, 0.15) is 17.4 Å². The normalized spacial score (nSPS) is 10.3. The van der Waals surface area contributed by atoms with E-state index in [2.05, 4.69) is 4.98 Å². The highest BCUT2D eigenvalue weighted by molar-refractivity contribution is 6.42. The van der Waals surface area contributed by atoms with E-state index < -0.39 is 5.56 Å². The first-order valence-electron chi connectivity index (χ1n) is 7.30. The highest BCUT2D eigenvalue weighted by Gasteiger charge is 2.13. The summed E-state index contributed by atoms with van der Waals surface area (Å²) in [6.07, 6.45) is 0. The van der Waals surface area contributed by atoms with Crippen molar-refractivity contribution in [2.24, 2.45) is 0 Å². The second-order valence-electron chi connectivity index (χ2n) is 5.27. The molecule has 25 heavy (non-hydrogen) atoms. The molecule has 0 spiro atoms. The lowest BCUT2D eigenvalue weighted by molar-refractivity contribution is 0.415. The molecular formula is C19H12Cl2N2O2. The lowest BCUT2D eigenvalue weighted by atomic mass is 9.99. The Labute approximate surface area is 154 Å². The molecule has 0 fully saturated rings. The second kappa shape index (κ2) is 7.02. The monoisotopic (exact) mass is 370 g/mol. The second-order valence-corrected chi connectivity index (χ2v) is 6.08. The molecule has 1 heterocycles. The number of methoxy groups -OCH3 is 1. The molecule has 0 aliphatic carbocycles. The molecule has 6 heteroatoms. The summed E-state index contributed by atoms with van der Waals surface area (Å²) in [6.45, 7) is 0. The number of halogens is 2. The highest BCUT2D eigenvalue weighted by Crippen LogP contribution is 2.31. The standard InChI is InChI=1S/C19H12Cl2N2O2/c1-25-13-5-2-11(3-6-13)18-9-14(15(10-22)19(24)23-18)12-4-7-16(20)17(21)8-12/h2-9H,1H3,(H,23,24). The number of nitrogens with one attached hydrogen (secondary N) is 1. The van der Waals surface area contributed by atoms with Crippen molar-refractivity contribution in [3.63, 3.8) is 0 Å². The van der Waals surface area contributed by atoms with Crippen molar-refractivity contribution in [1.29, 1.82) is 5.26 Å². The molecule has 0 saturated heterocycles. The number of pyridine rings is 1. The fourth-order valence-electron chi connectivity index (χ4n) is 2.49. The van der Waals surface area contributed by atoms with Crippen LogP contribution in [-0.2, 0) is 0 Å². The van der Waals surface area contributed by atoms with E-state index in [4.69, 9.17) is 27.9 Å². The van der Waals surface area contributed by atoms with Gasteiger partial charge in [0.05, 0.1) is 17.2 Å². The predicted octanol–water partition coefficient (Wildman–Crippen LogP) is 4.90. The van der Waals surface area contributed by atoms with Gasteiger partial charge in [-0.1, -0.05) is 29.3 Å². The van der Waals surface area contributed by atoms with Gasteiger partial charge in [0.2, 0.25) is 0 Å². The maximum absolute atomic E-state index is 12.4. The first-order valence-corrected chi connectivity index (χ1v) is 8.06. The number of hydrogen-bond acceptors (Lipinski definition) is 3. The summed E-state index contributed by atoms with van der Waals surface area (Å²) in [4.78, 5) is 15.1. The lowest BCUT2D eigenvalue weighted by Crippen LogP contribution is -2.12. The summed E-state index contributed by atoms with van der Waals surface area (Å²) in [5, 5.41) is 10.1. The first-order chi connectivity index (χ1) is 12.0. The highest BCUT2D eigenvalue weighted by atomic mass is 35.5. The Morgan fingerprint density at radius 2 is 1.68 bits per heavy atom. The Morgan fingerprint density at radius 3 is 2.28 bits per heavy atom. The summed E-state index contributed by atoms with van der Waals surface area (Å²) >= 11 is 12.0. The quantitative estimate of drug-likeness (QED) is 0.713. The fraction of sp³-hybridized carbons (Fsp3) is 0.0526. The zero-order valence-electron chi connectivity index (χ0n) is 13.1. The average Bonchev–Trinajstić information content (AvgIpc) is 2.63. The minimum absolute atomic E-state index is 0.0238. The molecule has 3 aromatic rings. The number of rotatable bonds is 3. The van der Waals surface area contributed by atoms with E-state index in [0.29, 0.717) is 32.6 Å². The number of aromatic nitrogens is 1. The molecule has 0 aliphatic rings. The molecule has 0 radical (unpaired) electrons. The Balaban J connectivity index is 2.20. The van der Waals surface area contributed by atoms with Crippen LogP contribution < -0.4 is 10.3 Å². The molecule has 1 N–H and O–H groups in total. The van der Waals surface area contributed by atoms with Crippen molar-refractivity contribution in [2.45, 2.75) is 0 Å². The molecule has 124 valence electrons. The molecule has 4 nitrogen and oxygen atoms in total. The maximum atomic E-state index is 12.4. The minimum Gasteiger partial charge on any atom is -0.497 e. The van der Waals surface area contributed by atoms with Crippen LogP contribution in [0.4, 0.5) is 0 Å². The Morgan fingerprint density at radius 1 is 1.00 bits per heavy atom. The van der Waals surface area contributed by atoms with Gasteiger partial charge in [-0.2, -0.15) is 5.26 Å². The molecule has 0 atom stereocenters. The van der Waals surface area contributed by atoms with Crippen LogP contribution in [0.5, 0.6) is 5.75 Å². The first kappa shape index (κ1) is 17.1. The summed E-state index contributed by atoms with van der Waals surface area (Å²) in [5.74, 6) is 0.712. The van der Waals surface area contributed by atoms with Crippen molar-refractivity contribution in [2.75, 3.05) is 7.11 Å². The van der Waals surface area contributed by atoms with Gasteiger partial charge in [-0.15, -0.1) is 0 Å². The van der Waals surface area contributed by atoms with Crippen LogP contribution in [0, 0.1) is 11.3 Å². The zero-order valence-corrected chi connectivity index (χ0v) is 14.7. The van der Waals surface area contributed by atoms with E-state index in [-0.39, 0.29) is 5.56 Å². The zero-order chi connectivity index (χ0) is 18.0. The molecular weight excluding hydrogens is 359 g/mol. The van der Waals surface area contributed by atoms with Gasteiger partial charge < -0.3 is 9.72 Å². The SMILES string of the molecule is COc1ccc(-c2cc(-c3ccc(Cl)c(Cl)c3)c(C#N)c(=O)[nH]2)cc1. The fourth-order valence-corrected chi connectivity index (χ4v) is 2.79. The number of nitriles is 1. The van der Waals surface area contributed by atoms with E-state index >= 15 is 0 Å². The van der Waals surface area contributed by atoms with E-state index in [1.165, 1.54) is 0 Å². The van der Waals surface area contributed by atoms with Crippen LogP contribution >= 0.6 is 23.2 Å². The largest absolute Gasteiger partial charge is 0.497 e.